The lowest BCUT2D eigenvalue weighted by atomic mass is 9.86. The van der Waals surface area contributed by atoms with Gasteiger partial charge in [0.25, 0.3) is 0 Å². The summed E-state index contributed by atoms with van der Waals surface area (Å²) in [5.41, 5.74) is 10.5. The zero-order valence-corrected chi connectivity index (χ0v) is 15.7. The molecule has 3 atom stereocenters. The molecule has 27 heavy (non-hydrogen) atoms. The molecule has 2 unspecified atom stereocenters. The van der Waals surface area contributed by atoms with Gasteiger partial charge in [0.1, 0.15) is 11.6 Å². The van der Waals surface area contributed by atoms with Crippen molar-refractivity contribution in [3.05, 3.63) is 70.3 Å². The molecule has 0 heterocycles. The van der Waals surface area contributed by atoms with Crippen molar-refractivity contribution in [2.75, 3.05) is 6.54 Å². The summed E-state index contributed by atoms with van der Waals surface area (Å²) < 4.78 is 26.6. The minimum Gasteiger partial charge on any atom is -0.390 e. The van der Waals surface area contributed by atoms with Crippen LogP contribution in [-0.2, 0) is 19.3 Å². The van der Waals surface area contributed by atoms with Crippen LogP contribution in [0.2, 0.25) is 0 Å². The van der Waals surface area contributed by atoms with E-state index >= 15 is 0 Å². The monoisotopic (exact) mass is 374 g/mol. The van der Waals surface area contributed by atoms with Crippen molar-refractivity contribution in [2.24, 2.45) is 5.73 Å². The Morgan fingerprint density at radius 3 is 2.59 bits per heavy atom. The molecule has 0 fully saturated rings. The zero-order valence-electron chi connectivity index (χ0n) is 15.7. The first-order chi connectivity index (χ1) is 13.0. The number of aliphatic hydroxyl groups excluding tert-OH is 1. The quantitative estimate of drug-likeness (QED) is 0.696. The van der Waals surface area contributed by atoms with Crippen LogP contribution in [0.5, 0.6) is 0 Å². The molecule has 0 aromatic heterocycles. The third kappa shape index (κ3) is 5.12. The van der Waals surface area contributed by atoms with E-state index in [1.165, 1.54) is 28.8 Å². The molecule has 0 amide bonds. The van der Waals surface area contributed by atoms with Gasteiger partial charge in [0, 0.05) is 24.7 Å². The summed E-state index contributed by atoms with van der Waals surface area (Å²) in [5.74, 6) is -1.26. The number of fused-ring (bicyclic) bond motifs is 1. The molecule has 3 rings (SSSR count). The lowest BCUT2D eigenvalue weighted by Gasteiger charge is -2.29. The minimum atomic E-state index is -0.795. The number of hydrogen-bond donors (Lipinski definition) is 3. The number of nitrogens with two attached hydrogens (primary N) is 1. The van der Waals surface area contributed by atoms with Crippen LogP contribution in [0.3, 0.4) is 0 Å². The van der Waals surface area contributed by atoms with Gasteiger partial charge in [-0.15, -0.1) is 0 Å². The fraction of sp³-hybridized carbons (Fsp3) is 0.455. The highest BCUT2D eigenvalue weighted by molar-refractivity contribution is 5.36. The lowest BCUT2D eigenvalue weighted by molar-refractivity contribution is 0.136. The second-order valence-electron chi connectivity index (χ2n) is 7.45. The van der Waals surface area contributed by atoms with Crippen molar-refractivity contribution in [3.63, 3.8) is 0 Å². The Hall–Kier alpha value is -1.82. The highest BCUT2D eigenvalue weighted by Gasteiger charge is 2.23. The Morgan fingerprint density at radius 1 is 1.15 bits per heavy atom. The molecular formula is C22H28F2N2O. The van der Waals surface area contributed by atoms with Gasteiger partial charge in [0.15, 0.2) is 0 Å². The van der Waals surface area contributed by atoms with Crippen LogP contribution in [-0.4, -0.2) is 23.8 Å². The van der Waals surface area contributed by atoms with Gasteiger partial charge in [-0.1, -0.05) is 25.1 Å². The van der Waals surface area contributed by atoms with E-state index in [-0.39, 0.29) is 12.5 Å². The maximum Gasteiger partial charge on any atom is 0.126 e. The van der Waals surface area contributed by atoms with Gasteiger partial charge in [0.05, 0.1) is 6.10 Å². The van der Waals surface area contributed by atoms with Gasteiger partial charge in [-0.05, 0) is 66.5 Å². The minimum absolute atomic E-state index is 0.203. The highest BCUT2D eigenvalue weighted by atomic mass is 19.1. The van der Waals surface area contributed by atoms with Crippen LogP contribution >= 0.6 is 0 Å². The lowest BCUT2D eigenvalue weighted by Crippen LogP contribution is -2.44. The SMILES string of the molecule is CCc1ccc2c(c1)C(NC[C@@H](O)C(N)Cc1cc(F)cc(F)c1)CCC2. The third-order valence-electron chi connectivity index (χ3n) is 5.39. The molecule has 0 spiro atoms. The van der Waals surface area contributed by atoms with E-state index in [0.717, 1.165) is 31.7 Å². The molecule has 3 nitrogen and oxygen atoms in total. The molecule has 0 aliphatic heterocycles. The first-order valence-electron chi connectivity index (χ1n) is 9.70. The van der Waals surface area contributed by atoms with Crippen LogP contribution < -0.4 is 11.1 Å². The van der Waals surface area contributed by atoms with E-state index in [0.29, 0.717) is 12.1 Å². The van der Waals surface area contributed by atoms with Gasteiger partial charge in [-0.2, -0.15) is 0 Å². The van der Waals surface area contributed by atoms with Gasteiger partial charge in [0.2, 0.25) is 0 Å². The second-order valence-corrected chi connectivity index (χ2v) is 7.45. The first-order valence-corrected chi connectivity index (χ1v) is 9.70. The number of aryl methyl sites for hydroxylation is 2. The van der Waals surface area contributed by atoms with Crippen molar-refractivity contribution >= 4 is 0 Å². The number of aliphatic hydroxyl groups is 1. The molecule has 146 valence electrons. The van der Waals surface area contributed by atoms with Crippen LogP contribution in [0.4, 0.5) is 8.78 Å². The van der Waals surface area contributed by atoms with E-state index in [2.05, 4.69) is 30.4 Å². The number of hydrogen-bond acceptors (Lipinski definition) is 3. The summed E-state index contributed by atoms with van der Waals surface area (Å²) >= 11 is 0. The number of halogens is 2. The molecule has 4 N–H and O–H groups in total. The number of rotatable bonds is 7. The van der Waals surface area contributed by atoms with E-state index < -0.39 is 23.8 Å². The first kappa shape index (κ1) is 19.9. The Labute approximate surface area is 159 Å². The average molecular weight is 374 g/mol. The molecule has 0 saturated heterocycles. The molecule has 1 aliphatic rings. The van der Waals surface area contributed by atoms with Crippen LogP contribution in [0.1, 0.15) is 48.1 Å². The highest BCUT2D eigenvalue weighted by Crippen LogP contribution is 2.30. The molecule has 5 heteroatoms. The van der Waals surface area contributed by atoms with Crippen LogP contribution in [0.15, 0.2) is 36.4 Å². The molecular weight excluding hydrogens is 346 g/mol. The van der Waals surface area contributed by atoms with E-state index in [9.17, 15) is 13.9 Å². The summed E-state index contributed by atoms with van der Waals surface area (Å²) in [6, 6.07) is 9.61. The average Bonchev–Trinajstić information content (AvgIpc) is 2.64. The molecule has 2 aromatic rings. The predicted octanol–water partition coefficient (Wildman–Crippen LogP) is 3.43. The third-order valence-corrected chi connectivity index (χ3v) is 5.39. The Balaban J connectivity index is 1.60. The normalized spacial score (nSPS) is 18.8. The second kappa shape index (κ2) is 8.91. The van der Waals surface area contributed by atoms with Crippen molar-refractivity contribution in [1.82, 2.24) is 5.32 Å². The zero-order chi connectivity index (χ0) is 19.4. The van der Waals surface area contributed by atoms with Gasteiger partial charge in [-0.3, -0.25) is 0 Å². The molecule has 0 saturated carbocycles. The van der Waals surface area contributed by atoms with E-state index in [1.807, 2.05) is 0 Å². The number of benzene rings is 2. The van der Waals surface area contributed by atoms with Crippen LogP contribution in [0, 0.1) is 11.6 Å². The topological polar surface area (TPSA) is 58.3 Å². The summed E-state index contributed by atoms with van der Waals surface area (Å²) in [6.45, 7) is 2.49. The van der Waals surface area contributed by atoms with Crippen molar-refractivity contribution in [1.29, 1.82) is 0 Å². The predicted molar refractivity (Wildman–Crippen MR) is 104 cm³/mol. The molecule has 1 aliphatic carbocycles. The maximum atomic E-state index is 13.3. The molecule has 2 aromatic carbocycles. The number of nitrogens with one attached hydrogen (secondary N) is 1. The van der Waals surface area contributed by atoms with Gasteiger partial charge >= 0.3 is 0 Å². The van der Waals surface area contributed by atoms with Gasteiger partial charge < -0.3 is 16.2 Å². The van der Waals surface area contributed by atoms with E-state index in [1.54, 1.807) is 0 Å². The summed E-state index contributed by atoms with van der Waals surface area (Å²) in [6.07, 6.45) is 3.65. The van der Waals surface area contributed by atoms with Gasteiger partial charge in [-0.25, -0.2) is 8.78 Å². The fourth-order valence-corrected chi connectivity index (χ4v) is 3.83. The Morgan fingerprint density at radius 2 is 1.89 bits per heavy atom. The van der Waals surface area contributed by atoms with Crippen molar-refractivity contribution < 1.29 is 13.9 Å². The maximum absolute atomic E-state index is 13.3. The van der Waals surface area contributed by atoms with Crippen LogP contribution in [0.25, 0.3) is 0 Å². The summed E-state index contributed by atoms with van der Waals surface area (Å²) in [5, 5.41) is 13.9. The fourth-order valence-electron chi connectivity index (χ4n) is 3.83. The summed E-state index contributed by atoms with van der Waals surface area (Å²) in [4.78, 5) is 0. The largest absolute Gasteiger partial charge is 0.390 e. The smallest absolute Gasteiger partial charge is 0.126 e. The Kier molecular flexibility index (Phi) is 6.58. The molecule has 0 bridgehead atoms. The van der Waals surface area contributed by atoms with Crippen molar-refractivity contribution in [3.8, 4) is 0 Å². The van der Waals surface area contributed by atoms with E-state index in [4.69, 9.17) is 5.73 Å². The molecule has 0 radical (unpaired) electrons. The van der Waals surface area contributed by atoms with Crippen molar-refractivity contribution in [2.45, 2.75) is 57.2 Å². The summed E-state index contributed by atoms with van der Waals surface area (Å²) in [7, 11) is 0. The Bertz CT molecular complexity index is 761. The standard InChI is InChI=1S/C22H28F2N2O/c1-2-14-6-7-16-4-3-5-21(19(16)10-14)26-13-22(27)20(25)11-15-8-17(23)12-18(24)9-15/h6-10,12,20-22,26-27H,2-5,11,13,25H2,1H3/t20?,21?,22-/m1/s1.